The second-order valence-corrected chi connectivity index (χ2v) is 8.73. The maximum atomic E-state index is 12.5. The molecule has 7 nitrogen and oxygen atoms in total. The highest BCUT2D eigenvalue weighted by atomic mass is 32.2. The minimum Gasteiger partial charge on any atom is -0.492 e. The second kappa shape index (κ2) is 8.34. The molecule has 154 valence electrons. The molecule has 0 saturated heterocycles. The number of rotatable bonds is 6. The largest absolute Gasteiger partial charge is 0.492 e. The van der Waals surface area contributed by atoms with Gasteiger partial charge in [-0.15, -0.1) is 0 Å². The first-order valence-corrected chi connectivity index (χ1v) is 10.9. The molecule has 0 bridgehead atoms. The summed E-state index contributed by atoms with van der Waals surface area (Å²) >= 11 is 0. The molecule has 1 aliphatic carbocycles. The molecular weight excluding hydrogens is 392 g/mol. The van der Waals surface area contributed by atoms with Gasteiger partial charge in [-0.25, -0.2) is 0 Å². The van der Waals surface area contributed by atoms with E-state index in [-0.39, 0.29) is 22.5 Å². The van der Waals surface area contributed by atoms with Crippen molar-refractivity contribution >= 4 is 21.6 Å². The molecule has 0 radical (unpaired) electrons. The number of hydrogen-bond acceptors (Lipinski definition) is 4. The molecule has 0 amide bonds. The summed E-state index contributed by atoms with van der Waals surface area (Å²) in [6, 6.07) is 8.86. The summed E-state index contributed by atoms with van der Waals surface area (Å²) in [6.45, 7) is 0.569. The van der Waals surface area contributed by atoms with E-state index >= 15 is 0 Å². The van der Waals surface area contributed by atoms with Crippen LogP contribution in [0.3, 0.4) is 0 Å². The fourth-order valence-electron chi connectivity index (χ4n) is 3.30. The van der Waals surface area contributed by atoms with Crippen LogP contribution in [-0.2, 0) is 23.7 Å². The Balaban J connectivity index is 0.00000240. The maximum absolute atomic E-state index is 12.5. The fourth-order valence-corrected chi connectivity index (χ4v) is 3.89. The fraction of sp³-hybridized carbons (Fsp3) is 0.333. The monoisotopic (exact) mass is 416 g/mol. The van der Waals surface area contributed by atoms with Gasteiger partial charge in [-0.1, -0.05) is 18.2 Å². The van der Waals surface area contributed by atoms with Gasteiger partial charge in [0.05, 0.1) is 6.61 Å². The van der Waals surface area contributed by atoms with Gasteiger partial charge in [-0.2, -0.15) is 0 Å². The predicted octanol–water partition coefficient (Wildman–Crippen LogP) is 1.67. The van der Waals surface area contributed by atoms with Crippen LogP contribution in [-0.4, -0.2) is 31.7 Å². The number of fused-ring (bicyclic) bond motifs is 1. The van der Waals surface area contributed by atoms with Crippen LogP contribution >= 0.6 is 0 Å². The molecule has 1 aliphatic rings. The van der Waals surface area contributed by atoms with E-state index in [9.17, 15) is 13.8 Å². The van der Waals surface area contributed by atoms with Crippen molar-refractivity contribution in [3.63, 3.8) is 0 Å². The summed E-state index contributed by atoms with van der Waals surface area (Å²) in [4.78, 5) is 25.0. The summed E-state index contributed by atoms with van der Waals surface area (Å²) in [5.74, 6) is 1.15. The van der Waals surface area contributed by atoms with E-state index in [0.717, 1.165) is 29.4 Å². The number of pyridine rings is 2. The summed E-state index contributed by atoms with van der Waals surface area (Å²) in [6.07, 6.45) is 7.30. The molecule has 0 spiro atoms. The summed E-state index contributed by atoms with van der Waals surface area (Å²) in [5.41, 5.74) is 1.19. The molecule has 1 aromatic carbocycles. The number of nitrogens with zero attached hydrogens (tertiary/aromatic N) is 2. The van der Waals surface area contributed by atoms with E-state index < -0.39 is 10.8 Å². The lowest BCUT2D eigenvalue weighted by molar-refractivity contribution is 0.300. The number of aryl methyl sites for hydroxylation is 1. The Hall–Kier alpha value is -2.71. The minimum atomic E-state index is -1.17. The summed E-state index contributed by atoms with van der Waals surface area (Å²) < 4.78 is 20.7. The minimum absolute atomic E-state index is 0. The van der Waals surface area contributed by atoms with Gasteiger partial charge in [0.15, 0.2) is 0 Å². The summed E-state index contributed by atoms with van der Waals surface area (Å²) in [5, 5.41) is 1.40. The Bertz CT molecular complexity index is 1190. The molecular formula is C21H24N2O5S. The summed E-state index contributed by atoms with van der Waals surface area (Å²) in [7, 11) is 0.541. The van der Waals surface area contributed by atoms with Crippen LogP contribution in [0.2, 0.25) is 0 Å². The van der Waals surface area contributed by atoms with Gasteiger partial charge in [0, 0.05) is 59.1 Å². The van der Waals surface area contributed by atoms with Crippen molar-refractivity contribution in [3.05, 3.63) is 63.4 Å². The first-order valence-electron chi connectivity index (χ1n) is 9.20. The van der Waals surface area contributed by atoms with Crippen LogP contribution in [0.5, 0.6) is 5.75 Å². The molecule has 1 saturated carbocycles. The van der Waals surface area contributed by atoms with Gasteiger partial charge in [-0.3, -0.25) is 13.8 Å². The van der Waals surface area contributed by atoms with Crippen molar-refractivity contribution < 1.29 is 14.4 Å². The maximum Gasteiger partial charge on any atom is 0.258 e. The lowest BCUT2D eigenvalue weighted by Gasteiger charge is -2.16. The Morgan fingerprint density at radius 3 is 2.45 bits per heavy atom. The normalized spacial score (nSPS) is 14.4. The first-order chi connectivity index (χ1) is 13.4. The zero-order chi connectivity index (χ0) is 19.8. The third kappa shape index (κ3) is 4.33. The number of hydrogen-bond donors (Lipinski definition) is 0. The number of benzene rings is 1. The molecule has 29 heavy (non-hydrogen) atoms. The molecule has 0 aliphatic heterocycles. The molecule has 3 aromatic rings. The van der Waals surface area contributed by atoms with E-state index in [1.807, 2.05) is 18.2 Å². The lowest BCUT2D eigenvalue weighted by Crippen LogP contribution is -2.22. The van der Waals surface area contributed by atoms with Crippen molar-refractivity contribution in [1.82, 2.24) is 9.13 Å². The van der Waals surface area contributed by atoms with E-state index in [1.165, 1.54) is 15.2 Å². The molecule has 2 heterocycles. The highest BCUT2D eigenvalue weighted by Gasteiger charge is 2.23. The third-order valence-corrected chi connectivity index (χ3v) is 5.60. The molecule has 2 N–H and O–H groups in total. The van der Waals surface area contributed by atoms with Crippen molar-refractivity contribution in [3.8, 4) is 16.9 Å². The second-order valence-electron chi connectivity index (χ2n) is 7.32. The Morgan fingerprint density at radius 2 is 1.79 bits per heavy atom. The van der Waals surface area contributed by atoms with Gasteiger partial charge in [0.2, 0.25) is 0 Å². The van der Waals surface area contributed by atoms with E-state index in [4.69, 9.17) is 4.74 Å². The van der Waals surface area contributed by atoms with Gasteiger partial charge in [-0.05, 0) is 30.2 Å². The topological polar surface area (TPSA) is 102 Å². The van der Waals surface area contributed by atoms with E-state index in [1.54, 1.807) is 31.8 Å². The Kier molecular flexibility index (Phi) is 6.04. The number of ether oxygens (including phenoxy) is 1. The standard InChI is InChI=1S/C21H22N2O4S.H2O/c1-22-10-17(15-5-3-4-6-16(15)21(22)25)18-11-23(13-28(2)26)20(24)9-19(18)27-12-14-7-8-14;/h3-6,9-11,14H,7-8,12-13H2,1-2H3;1H2. The highest BCUT2D eigenvalue weighted by molar-refractivity contribution is 7.83. The smallest absolute Gasteiger partial charge is 0.258 e. The van der Waals surface area contributed by atoms with Crippen molar-refractivity contribution in [2.24, 2.45) is 13.0 Å². The van der Waals surface area contributed by atoms with Crippen LogP contribution in [0.1, 0.15) is 12.8 Å². The number of aromatic nitrogens is 2. The first kappa shape index (κ1) is 21.0. The average molecular weight is 416 g/mol. The predicted molar refractivity (Wildman–Crippen MR) is 115 cm³/mol. The quantitative estimate of drug-likeness (QED) is 0.610. The van der Waals surface area contributed by atoms with Gasteiger partial charge >= 0.3 is 0 Å². The molecule has 1 unspecified atom stereocenters. The molecule has 1 atom stereocenters. The van der Waals surface area contributed by atoms with E-state index in [2.05, 4.69) is 0 Å². The lowest BCUT2D eigenvalue weighted by atomic mass is 10.0. The van der Waals surface area contributed by atoms with Gasteiger partial charge in [0.25, 0.3) is 11.1 Å². The zero-order valence-corrected chi connectivity index (χ0v) is 17.2. The zero-order valence-electron chi connectivity index (χ0n) is 16.4. The SMILES string of the molecule is Cn1cc(-c2cn(CS(C)=O)c(=O)cc2OCC2CC2)c2ccccc2c1=O.O. The van der Waals surface area contributed by atoms with Crippen LogP contribution in [0.15, 0.2) is 52.3 Å². The molecule has 8 heteroatoms. The van der Waals surface area contributed by atoms with Crippen LogP contribution in [0, 0.1) is 5.92 Å². The third-order valence-electron chi connectivity index (χ3n) is 4.96. The molecule has 4 rings (SSSR count). The molecule has 1 fully saturated rings. The Labute approximate surface area is 170 Å². The van der Waals surface area contributed by atoms with Crippen molar-refractivity contribution in [1.29, 1.82) is 0 Å². The van der Waals surface area contributed by atoms with Gasteiger partial charge < -0.3 is 19.3 Å². The molecule has 2 aromatic heterocycles. The highest BCUT2D eigenvalue weighted by Crippen LogP contribution is 2.35. The van der Waals surface area contributed by atoms with Gasteiger partial charge in [0.1, 0.15) is 11.6 Å². The van der Waals surface area contributed by atoms with E-state index in [0.29, 0.717) is 23.7 Å². The van der Waals surface area contributed by atoms with Crippen molar-refractivity contribution in [2.75, 3.05) is 12.9 Å². The van der Waals surface area contributed by atoms with Crippen molar-refractivity contribution in [2.45, 2.75) is 18.7 Å². The van der Waals surface area contributed by atoms with Crippen LogP contribution in [0.25, 0.3) is 21.9 Å². The Morgan fingerprint density at radius 1 is 1.10 bits per heavy atom. The average Bonchev–Trinajstić information content (AvgIpc) is 3.49. The van der Waals surface area contributed by atoms with Crippen LogP contribution in [0.4, 0.5) is 0 Å². The van der Waals surface area contributed by atoms with Crippen LogP contribution < -0.4 is 15.9 Å².